The Kier molecular flexibility index (Phi) is 7.03. The van der Waals surface area contributed by atoms with Gasteiger partial charge in [0, 0.05) is 16.5 Å². The highest BCUT2D eigenvalue weighted by Gasteiger charge is 2.70. The van der Waals surface area contributed by atoms with Crippen LogP contribution in [0.4, 0.5) is 11.4 Å². The average Bonchev–Trinajstić information content (AvgIpc) is 3.50. The van der Waals surface area contributed by atoms with Gasteiger partial charge in [-0.25, -0.2) is 4.90 Å². The molecule has 4 aliphatic rings. The van der Waals surface area contributed by atoms with Gasteiger partial charge in [-0.1, -0.05) is 90.0 Å². The largest absolute Gasteiger partial charge is 0.504 e. The van der Waals surface area contributed by atoms with Gasteiger partial charge in [0.2, 0.25) is 23.6 Å². The number of allylic oxidation sites excluding steroid dienone is 2. The van der Waals surface area contributed by atoms with E-state index in [4.69, 9.17) is 16.3 Å². The van der Waals surface area contributed by atoms with E-state index >= 15 is 4.79 Å². The van der Waals surface area contributed by atoms with Crippen molar-refractivity contribution in [3.05, 3.63) is 131 Å². The van der Waals surface area contributed by atoms with Crippen LogP contribution in [0.15, 0.2) is 115 Å². The van der Waals surface area contributed by atoms with Gasteiger partial charge in [0.25, 0.3) is 0 Å². The molecule has 4 aromatic rings. The molecule has 48 heavy (non-hydrogen) atoms. The van der Waals surface area contributed by atoms with Crippen LogP contribution in [0.2, 0.25) is 5.02 Å². The van der Waals surface area contributed by atoms with E-state index in [0.29, 0.717) is 27.5 Å². The van der Waals surface area contributed by atoms with Gasteiger partial charge in [-0.15, -0.1) is 0 Å². The maximum absolute atomic E-state index is 15.3. The van der Waals surface area contributed by atoms with E-state index in [-0.39, 0.29) is 36.2 Å². The second kappa shape index (κ2) is 11.2. The maximum atomic E-state index is 15.3. The van der Waals surface area contributed by atoms with Gasteiger partial charge in [0.1, 0.15) is 0 Å². The fourth-order valence-corrected chi connectivity index (χ4v) is 9.04. The van der Waals surface area contributed by atoms with Crippen molar-refractivity contribution in [3.63, 3.8) is 0 Å². The third-order valence-electron chi connectivity index (χ3n) is 10.7. The first-order valence-corrected chi connectivity index (χ1v) is 16.3. The normalized spacial score (nSPS) is 27.8. The Morgan fingerprint density at radius 2 is 1.46 bits per heavy atom. The number of ether oxygens (including phenoxy) is 1. The number of phenols is 1. The standard InChI is InChI=1S/C39H31ClN2O6/c1-48-31-17-9-16-28(34(31)43)33-26-18-19-27-32(37(46)41(35(27)44)24-13-6-3-7-14-24)29(26)21-30-36(45)42(25-15-8-12-23(40)20-25)38(47)39(30,33)22-10-4-2-5-11-22/h2-18,20,27,29-30,32-33,43H,19,21H2,1H3. The highest BCUT2D eigenvalue weighted by molar-refractivity contribution is 6.32. The molecule has 1 N–H and O–H groups in total. The van der Waals surface area contributed by atoms with Crippen LogP contribution in [-0.4, -0.2) is 35.8 Å². The monoisotopic (exact) mass is 658 g/mol. The molecule has 2 heterocycles. The van der Waals surface area contributed by atoms with Crippen LogP contribution >= 0.6 is 11.6 Å². The molecule has 2 saturated heterocycles. The number of phenolic OH excluding ortho intramolecular Hbond substituents is 1. The summed E-state index contributed by atoms with van der Waals surface area (Å²) >= 11 is 6.38. The second-order valence-electron chi connectivity index (χ2n) is 12.8. The van der Waals surface area contributed by atoms with Crippen molar-refractivity contribution in [2.45, 2.75) is 24.2 Å². The summed E-state index contributed by atoms with van der Waals surface area (Å²) in [7, 11) is 1.45. The number of fused-ring (bicyclic) bond motifs is 4. The van der Waals surface area contributed by atoms with Crippen LogP contribution in [0.3, 0.4) is 0 Å². The minimum atomic E-state index is -1.50. The fourth-order valence-electron chi connectivity index (χ4n) is 8.86. The second-order valence-corrected chi connectivity index (χ2v) is 13.3. The number of anilines is 2. The molecule has 3 fully saturated rings. The summed E-state index contributed by atoms with van der Waals surface area (Å²) in [4.78, 5) is 60.8. The zero-order valence-corrected chi connectivity index (χ0v) is 26.7. The number of carbonyl (C=O) groups is 4. The number of hydrogen-bond acceptors (Lipinski definition) is 6. The van der Waals surface area contributed by atoms with E-state index in [2.05, 4.69) is 0 Å². The number of rotatable bonds is 5. The van der Waals surface area contributed by atoms with Gasteiger partial charge in [-0.05, 0) is 60.7 Å². The SMILES string of the molecule is COc1cccc(C2C3=CCC4C(=O)N(c5ccccc5)C(=O)C4C3CC3C(=O)N(c4cccc(Cl)c4)C(=O)C32c2ccccc2)c1O. The van der Waals surface area contributed by atoms with E-state index in [1.54, 1.807) is 66.7 Å². The molecule has 0 bridgehead atoms. The molecule has 9 heteroatoms. The summed E-state index contributed by atoms with van der Waals surface area (Å²) in [5.74, 6) is -5.11. The first kappa shape index (κ1) is 30.1. The van der Waals surface area contributed by atoms with Gasteiger partial charge >= 0.3 is 0 Å². The van der Waals surface area contributed by atoms with E-state index in [9.17, 15) is 19.5 Å². The lowest BCUT2D eigenvalue weighted by Gasteiger charge is -2.50. The number of hydrogen-bond donors (Lipinski definition) is 1. The molecule has 1 saturated carbocycles. The van der Waals surface area contributed by atoms with Crippen LogP contribution in [0.25, 0.3) is 0 Å². The Balaban J connectivity index is 1.38. The van der Waals surface area contributed by atoms with Gasteiger partial charge in [-0.2, -0.15) is 0 Å². The fraction of sp³-hybridized carbons (Fsp3) is 0.231. The number of imide groups is 2. The van der Waals surface area contributed by atoms with Crippen molar-refractivity contribution in [2.75, 3.05) is 16.9 Å². The highest BCUT2D eigenvalue weighted by Crippen LogP contribution is 2.65. The van der Waals surface area contributed by atoms with Crippen LogP contribution in [-0.2, 0) is 24.6 Å². The van der Waals surface area contributed by atoms with E-state index < -0.39 is 46.8 Å². The summed E-state index contributed by atoms with van der Waals surface area (Å²) < 4.78 is 5.53. The number of aromatic hydroxyl groups is 1. The van der Waals surface area contributed by atoms with Gasteiger partial charge in [0.15, 0.2) is 11.5 Å². The molecule has 8 rings (SSSR count). The third kappa shape index (κ3) is 4.08. The summed E-state index contributed by atoms with van der Waals surface area (Å²) in [6.45, 7) is 0. The summed E-state index contributed by atoms with van der Waals surface area (Å²) in [5, 5.41) is 12.1. The number of carbonyl (C=O) groups excluding carboxylic acids is 4. The van der Waals surface area contributed by atoms with Crippen LogP contribution in [0.5, 0.6) is 11.5 Å². The lowest BCUT2D eigenvalue weighted by atomic mass is 9.49. The number of benzene rings is 4. The van der Waals surface area contributed by atoms with Crippen molar-refractivity contribution < 1.29 is 29.0 Å². The van der Waals surface area contributed by atoms with Gasteiger partial charge < -0.3 is 9.84 Å². The predicted molar refractivity (Wildman–Crippen MR) is 180 cm³/mol. The molecule has 2 aliphatic carbocycles. The quantitative estimate of drug-likeness (QED) is 0.196. The first-order valence-electron chi connectivity index (χ1n) is 16.0. The number of nitrogens with zero attached hydrogens (tertiary/aromatic N) is 2. The van der Waals surface area contributed by atoms with Crippen molar-refractivity contribution in [2.24, 2.45) is 23.7 Å². The lowest BCUT2D eigenvalue weighted by molar-refractivity contribution is -0.127. The number of methoxy groups -OCH3 is 1. The Morgan fingerprint density at radius 3 is 2.17 bits per heavy atom. The van der Waals surface area contributed by atoms with E-state index in [0.717, 1.165) is 5.57 Å². The zero-order chi connectivity index (χ0) is 33.3. The Bertz CT molecular complexity index is 2030. The molecular weight excluding hydrogens is 628 g/mol. The summed E-state index contributed by atoms with van der Waals surface area (Å²) in [6.07, 6.45) is 2.41. The zero-order valence-electron chi connectivity index (χ0n) is 26.0. The number of amides is 4. The van der Waals surface area contributed by atoms with Crippen LogP contribution < -0.4 is 14.5 Å². The Labute approximate surface area is 282 Å². The topological polar surface area (TPSA) is 104 Å². The maximum Gasteiger partial charge on any atom is 0.246 e. The van der Waals surface area contributed by atoms with E-state index in [1.165, 1.54) is 16.9 Å². The predicted octanol–water partition coefficient (Wildman–Crippen LogP) is 6.42. The average molecular weight is 659 g/mol. The molecule has 4 aromatic carbocycles. The minimum Gasteiger partial charge on any atom is -0.504 e. The molecule has 240 valence electrons. The molecule has 2 aliphatic heterocycles. The van der Waals surface area contributed by atoms with Crippen LogP contribution in [0.1, 0.15) is 29.9 Å². The van der Waals surface area contributed by atoms with E-state index in [1.807, 2.05) is 42.5 Å². The van der Waals surface area contributed by atoms with Crippen molar-refractivity contribution in [1.82, 2.24) is 0 Å². The highest BCUT2D eigenvalue weighted by atomic mass is 35.5. The molecule has 6 atom stereocenters. The molecule has 0 spiro atoms. The molecule has 6 unspecified atom stereocenters. The molecule has 8 nitrogen and oxygen atoms in total. The smallest absolute Gasteiger partial charge is 0.246 e. The first-order chi connectivity index (χ1) is 23.3. The van der Waals surface area contributed by atoms with Crippen molar-refractivity contribution >= 4 is 46.6 Å². The molecule has 0 radical (unpaired) electrons. The Hall–Kier alpha value is -5.21. The lowest BCUT2D eigenvalue weighted by Crippen LogP contribution is -2.53. The molecule has 0 aromatic heterocycles. The molecule has 4 amide bonds. The molecular formula is C39H31ClN2O6. The number of para-hydroxylation sites is 2. The number of halogens is 1. The summed E-state index contributed by atoms with van der Waals surface area (Å²) in [6, 6.07) is 29.8. The van der Waals surface area contributed by atoms with Crippen LogP contribution in [0, 0.1) is 23.7 Å². The third-order valence-corrected chi connectivity index (χ3v) is 11.0. The Morgan fingerprint density at radius 1 is 0.771 bits per heavy atom. The summed E-state index contributed by atoms with van der Waals surface area (Å²) in [5.41, 5.74) is 1.12. The van der Waals surface area contributed by atoms with Crippen molar-refractivity contribution in [1.29, 1.82) is 0 Å². The van der Waals surface area contributed by atoms with Gasteiger partial charge in [-0.3, -0.25) is 24.1 Å². The minimum absolute atomic E-state index is 0.149. The van der Waals surface area contributed by atoms with Gasteiger partial charge in [0.05, 0.1) is 41.7 Å². The van der Waals surface area contributed by atoms with Crippen molar-refractivity contribution in [3.8, 4) is 11.5 Å².